The van der Waals surface area contributed by atoms with Gasteiger partial charge in [0.05, 0.1) is 12.5 Å². The van der Waals surface area contributed by atoms with Gasteiger partial charge < -0.3 is 10.2 Å². The van der Waals surface area contributed by atoms with E-state index >= 15 is 0 Å². The molecule has 0 aliphatic carbocycles. The molecule has 1 heterocycles. The highest BCUT2D eigenvalue weighted by Gasteiger charge is 2.23. The Balaban J connectivity index is 1.79. The maximum atomic E-state index is 11.8. The first-order valence-electron chi connectivity index (χ1n) is 6.24. The van der Waals surface area contributed by atoms with Gasteiger partial charge in [-0.3, -0.25) is 0 Å². The average Bonchev–Trinajstić information content (AvgIpc) is 2.40. The number of hydrazine groups is 1. The van der Waals surface area contributed by atoms with Crippen LogP contribution in [0.5, 0.6) is 0 Å². The van der Waals surface area contributed by atoms with E-state index < -0.39 is 0 Å². The topological polar surface area (TPSA) is 67.6 Å². The number of carbonyl (C=O) groups excluding carboxylic acids is 1. The largest absolute Gasteiger partial charge is 0.353 e. The Kier molecular flexibility index (Phi) is 4.69. The highest BCUT2D eigenvalue weighted by Crippen LogP contribution is 2.14. The molecule has 1 aromatic carbocycles. The average molecular weight is 249 g/mol. The van der Waals surface area contributed by atoms with Gasteiger partial charge in [-0.1, -0.05) is 35.5 Å². The van der Waals surface area contributed by atoms with Gasteiger partial charge >= 0.3 is 5.97 Å². The lowest BCUT2D eigenvalue weighted by atomic mass is 9.99. The summed E-state index contributed by atoms with van der Waals surface area (Å²) in [7, 11) is 0. The van der Waals surface area contributed by atoms with Crippen LogP contribution in [-0.4, -0.2) is 24.2 Å². The molecule has 1 fully saturated rings. The molecule has 0 bridgehead atoms. The molecular formula is C13H19N3O2. The molecule has 0 atom stereocenters. The fraction of sp³-hybridized carbons (Fsp3) is 0.462. The lowest BCUT2D eigenvalue weighted by Gasteiger charge is -2.23. The SMILES string of the molecule is NN(Cc1ccccc1)OC(=O)C1CCNCC1. The zero-order valence-electron chi connectivity index (χ0n) is 10.3. The molecule has 5 nitrogen and oxygen atoms in total. The van der Waals surface area contributed by atoms with E-state index in [-0.39, 0.29) is 11.9 Å². The van der Waals surface area contributed by atoms with Crippen molar-refractivity contribution in [1.82, 2.24) is 10.5 Å². The molecule has 1 aliphatic heterocycles. The van der Waals surface area contributed by atoms with Crippen molar-refractivity contribution in [3.05, 3.63) is 35.9 Å². The summed E-state index contributed by atoms with van der Waals surface area (Å²) in [5.41, 5.74) is 1.01. The highest BCUT2D eigenvalue weighted by molar-refractivity contribution is 5.72. The number of carbonyl (C=O) groups is 1. The first-order chi connectivity index (χ1) is 8.75. The quantitative estimate of drug-likeness (QED) is 0.611. The summed E-state index contributed by atoms with van der Waals surface area (Å²) >= 11 is 0. The van der Waals surface area contributed by atoms with Crippen molar-refractivity contribution in [3.63, 3.8) is 0 Å². The fourth-order valence-corrected chi connectivity index (χ4v) is 2.04. The summed E-state index contributed by atoms with van der Waals surface area (Å²) in [4.78, 5) is 17.0. The molecule has 0 spiro atoms. The summed E-state index contributed by atoms with van der Waals surface area (Å²) in [6.45, 7) is 2.13. The molecule has 0 unspecified atom stereocenters. The number of benzene rings is 1. The standard InChI is InChI=1S/C13H19N3O2/c14-16(10-11-4-2-1-3-5-11)18-13(17)12-6-8-15-9-7-12/h1-5,12,15H,6-10,14H2. The maximum Gasteiger partial charge on any atom is 0.330 e. The van der Waals surface area contributed by atoms with Gasteiger partial charge in [-0.2, -0.15) is 0 Å². The molecular weight excluding hydrogens is 230 g/mol. The van der Waals surface area contributed by atoms with Crippen LogP contribution >= 0.6 is 0 Å². The van der Waals surface area contributed by atoms with Crippen molar-refractivity contribution in [2.24, 2.45) is 11.8 Å². The molecule has 1 aromatic rings. The number of hydrogen-bond acceptors (Lipinski definition) is 5. The molecule has 0 amide bonds. The molecule has 0 aromatic heterocycles. The molecule has 1 saturated heterocycles. The molecule has 0 saturated carbocycles. The van der Waals surface area contributed by atoms with Gasteiger partial charge in [0.2, 0.25) is 0 Å². The Morgan fingerprint density at radius 2 is 2.00 bits per heavy atom. The molecule has 3 N–H and O–H groups in total. The van der Waals surface area contributed by atoms with Crippen LogP contribution in [0.3, 0.4) is 0 Å². The lowest BCUT2D eigenvalue weighted by molar-refractivity contribution is -0.201. The van der Waals surface area contributed by atoms with E-state index in [2.05, 4.69) is 5.32 Å². The minimum absolute atomic E-state index is 0.0342. The van der Waals surface area contributed by atoms with Gasteiger partial charge in [-0.15, -0.1) is 0 Å². The summed E-state index contributed by atoms with van der Waals surface area (Å²) < 4.78 is 0. The Bertz CT molecular complexity index is 377. The zero-order valence-corrected chi connectivity index (χ0v) is 10.3. The normalized spacial score (nSPS) is 16.8. The molecule has 0 radical (unpaired) electrons. The van der Waals surface area contributed by atoms with Gasteiger partial charge in [0.15, 0.2) is 0 Å². The third kappa shape index (κ3) is 3.80. The summed E-state index contributed by atoms with van der Waals surface area (Å²) in [6, 6.07) is 9.68. The fourth-order valence-electron chi connectivity index (χ4n) is 2.04. The van der Waals surface area contributed by atoms with E-state index in [0.29, 0.717) is 6.54 Å². The number of nitrogens with zero attached hydrogens (tertiary/aromatic N) is 1. The van der Waals surface area contributed by atoms with Crippen LogP contribution in [0.2, 0.25) is 0 Å². The van der Waals surface area contributed by atoms with E-state index in [9.17, 15) is 4.79 Å². The van der Waals surface area contributed by atoms with E-state index in [0.717, 1.165) is 36.7 Å². The number of rotatable bonds is 4. The zero-order chi connectivity index (χ0) is 12.8. The van der Waals surface area contributed by atoms with Crippen molar-refractivity contribution in [2.75, 3.05) is 13.1 Å². The second-order valence-electron chi connectivity index (χ2n) is 4.50. The van der Waals surface area contributed by atoms with E-state index in [1.165, 1.54) is 0 Å². The van der Waals surface area contributed by atoms with Gasteiger partial charge in [0, 0.05) is 0 Å². The van der Waals surface area contributed by atoms with Crippen LogP contribution in [0.15, 0.2) is 30.3 Å². The first kappa shape index (κ1) is 13.0. The number of hydroxylamine groups is 1. The van der Waals surface area contributed by atoms with Crippen LogP contribution in [0.4, 0.5) is 0 Å². The molecule has 18 heavy (non-hydrogen) atoms. The van der Waals surface area contributed by atoms with Crippen LogP contribution < -0.4 is 11.2 Å². The van der Waals surface area contributed by atoms with Gasteiger partial charge in [0.1, 0.15) is 0 Å². The predicted octanol–water partition coefficient (Wildman–Crippen LogP) is 0.820. The van der Waals surface area contributed by atoms with E-state index in [1.54, 1.807) is 0 Å². The Morgan fingerprint density at radius 1 is 1.33 bits per heavy atom. The second-order valence-corrected chi connectivity index (χ2v) is 4.50. The number of nitrogens with one attached hydrogen (secondary N) is 1. The third-order valence-corrected chi connectivity index (χ3v) is 3.06. The van der Waals surface area contributed by atoms with E-state index in [1.807, 2.05) is 30.3 Å². The number of piperidine rings is 1. The maximum absolute atomic E-state index is 11.8. The van der Waals surface area contributed by atoms with Crippen LogP contribution in [-0.2, 0) is 16.2 Å². The van der Waals surface area contributed by atoms with E-state index in [4.69, 9.17) is 10.7 Å². The number of nitrogens with two attached hydrogens (primary N) is 1. The van der Waals surface area contributed by atoms with Gasteiger partial charge in [-0.25, -0.2) is 10.6 Å². The summed E-state index contributed by atoms with van der Waals surface area (Å²) in [6.07, 6.45) is 1.63. The smallest absolute Gasteiger partial charge is 0.330 e. The predicted molar refractivity (Wildman–Crippen MR) is 67.9 cm³/mol. The molecule has 5 heteroatoms. The van der Waals surface area contributed by atoms with Gasteiger partial charge in [0.25, 0.3) is 0 Å². The summed E-state index contributed by atoms with van der Waals surface area (Å²) in [5.74, 6) is 5.43. The molecule has 98 valence electrons. The van der Waals surface area contributed by atoms with Crippen molar-refractivity contribution >= 4 is 5.97 Å². The van der Waals surface area contributed by atoms with Crippen molar-refractivity contribution in [2.45, 2.75) is 19.4 Å². The molecule has 2 rings (SSSR count). The molecule has 1 aliphatic rings. The minimum atomic E-state index is -0.227. The van der Waals surface area contributed by atoms with Crippen LogP contribution in [0.25, 0.3) is 0 Å². The van der Waals surface area contributed by atoms with Crippen LogP contribution in [0, 0.1) is 5.92 Å². The first-order valence-corrected chi connectivity index (χ1v) is 6.24. The lowest BCUT2D eigenvalue weighted by Crippen LogP contribution is -2.39. The van der Waals surface area contributed by atoms with Crippen molar-refractivity contribution < 1.29 is 9.63 Å². The Morgan fingerprint density at radius 3 is 2.67 bits per heavy atom. The van der Waals surface area contributed by atoms with Crippen LogP contribution in [0.1, 0.15) is 18.4 Å². The Labute approximate surface area is 107 Å². The Hall–Kier alpha value is -1.43. The minimum Gasteiger partial charge on any atom is -0.353 e. The third-order valence-electron chi connectivity index (χ3n) is 3.06. The summed E-state index contributed by atoms with van der Waals surface area (Å²) in [5, 5.41) is 4.32. The van der Waals surface area contributed by atoms with Crippen molar-refractivity contribution in [3.8, 4) is 0 Å². The van der Waals surface area contributed by atoms with Gasteiger partial charge in [-0.05, 0) is 31.5 Å². The van der Waals surface area contributed by atoms with Crippen molar-refractivity contribution in [1.29, 1.82) is 0 Å². The highest BCUT2D eigenvalue weighted by atomic mass is 16.7. The second kappa shape index (κ2) is 6.49. The number of hydrogen-bond donors (Lipinski definition) is 2. The monoisotopic (exact) mass is 249 g/mol.